The third kappa shape index (κ3) is 4.83. The van der Waals surface area contributed by atoms with Crippen LogP contribution in [-0.2, 0) is 4.79 Å². The van der Waals surface area contributed by atoms with E-state index in [0.29, 0.717) is 17.2 Å². The SMILES string of the molecule is CCOc1ccc(NC(=O)[C@@H](NC(=O)c2cccs2)C(C)C)cc1. The van der Waals surface area contributed by atoms with Gasteiger partial charge in [0.15, 0.2) is 0 Å². The van der Waals surface area contributed by atoms with Crippen LogP contribution in [0.1, 0.15) is 30.4 Å². The van der Waals surface area contributed by atoms with E-state index in [4.69, 9.17) is 4.74 Å². The Kier molecular flexibility index (Phi) is 6.37. The van der Waals surface area contributed by atoms with Gasteiger partial charge in [0.25, 0.3) is 5.91 Å². The van der Waals surface area contributed by atoms with E-state index in [1.807, 2.05) is 32.2 Å². The second kappa shape index (κ2) is 8.49. The Morgan fingerprint density at radius 1 is 1.17 bits per heavy atom. The van der Waals surface area contributed by atoms with E-state index in [1.165, 1.54) is 11.3 Å². The number of rotatable bonds is 7. The van der Waals surface area contributed by atoms with Crippen LogP contribution in [0, 0.1) is 5.92 Å². The highest BCUT2D eigenvalue weighted by Gasteiger charge is 2.25. The van der Waals surface area contributed by atoms with Crippen molar-refractivity contribution in [3.8, 4) is 5.75 Å². The van der Waals surface area contributed by atoms with Gasteiger partial charge >= 0.3 is 0 Å². The summed E-state index contributed by atoms with van der Waals surface area (Å²) in [4.78, 5) is 25.3. The molecule has 6 heteroatoms. The maximum atomic E-state index is 12.5. The van der Waals surface area contributed by atoms with Crippen LogP contribution in [0.15, 0.2) is 41.8 Å². The molecule has 1 heterocycles. The number of carbonyl (C=O) groups is 2. The molecule has 0 aliphatic rings. The fourth-order valence-corrected chi connectivity index (χ4v) is 2.80. The molecule has 1 aromatic heterocycles. The van der Waals surface area contributed by atoms with Crippen LogP contribution >= 0.6 is 11.3 Å². The van der Waals surface area contributed by atoms with Gasteiger partial charge in [-0.05, 0) is 48.6 Å². The third-order valence-electron chi connectivity index (χ3n) is 3.41. The maximum Gasteiger partial charge on any atom is 0.262 e. The minimum absolute atomic E-state index is 0.0309. The highest BCUT2D eigenvalue weighted by molar-refractivity contribution is 7.12. The second-order valence-corrected chi connectivity index (χ2v) is 6.57. The molecule has 128 valence electrons. The first-order valence-corrected chi connectivity index (χ1v) is 8.77. The molecule has 2 amide bonds. The Morgan fingerprint density at radius 2 is 1.88 bits per heavy atom. The number of carbonyl (C=O) groups excluding carboxylic acids is 2. The lowest BCUT2D eigenvalue weighted by molar-refractivity contribution is -0.118. The van der Waals surface area contributed by atoms with Gasteiger partial charge in [-0.3, -0.25) is 9.59 Å². The molecule has 0 saturated carbocycles. The minimum atomic E-state index is -0.605. The monoisotopic (exact) mass is 346 g/mol. The number of nitrogens with one attached hydrogen (secondary N) is 2. The van der Waals surface area contributed by atoms with E-state index >= 15 is 0 Å². The molecule has 0 spiro atoms. The van der Waals surface area contributed by atoms with Gasteiger partial charge in [0.2, 0.25) is 5.91 Å². The van der Waals surface area contributed by atoms with Gasteiger partial charge in [-0.2, -0.15) is 0 Å². The molecule has 1 atom stereocenters. The van der Waals surface area contributed by atoms with E-state index in [2.05, 4.69) is 10.6 Å². The average molecular weight is 346 g/mol. The quantitative estimate of drug-likeness (QED) is 0.806. The van der Waals surface area contributed by atoms with Crippen molar-refractivity contribution in [2.24, 2.45) is 5.92 Å². The van der Waals surface area contributed by atoms with Crippen LogP contribution in [0.2, 0.25) is 0 Å². The topological polar surface area (TPSA) is 67.4 Å². The van der Waals surface area contributed by atoms with Crippen molar-refractivity contribution in [1.29, 1.82) is 0 Å². The Bertz CT molecular complexity index is 666. The van der Waals surface area contributed by atoms with Crippen molar-refractivity contribution in [3.63, 3.8) is 0 Å². The van der Waals surface area contributed by atoms with Crippen molar-refractivity contribution in [2.45, 2.75) is 26.8 Å². The summed E-state index contributed by atoms with van der Waals surface area (Å²) in [6, 6.07) is 10.1. The molecule has 2 aromatic rings. The standard InChI is InChI=1S/C18H22N2O3S/c1-4-23-14-9-7-13(8-10-14)19-18(22)16(12(2)3)20-17(21)15-6-5-11-24-15/h5-12,16H,4H2,1-3H3,(H,19,22)(H,20,21)/t16-/m0/s1. The van der Waals surface area contributed by atoms with Crippen LogP contribution in [0.25, 0.3) is 0 Å². The van der Waals surface area contributed by atoms with E-state index < -0.39 is 6.04 Å². The predicted octanol–water partition coefficient (Wildman–Crippen LogP) is 3.54. The molecule has 2 rings (SSSR count). The van der Waals surface area contributed by atoms with Crippen molar-refractivity contribution in [3.05, 3.63) is 46.7 Å². The molecule has 0 unspecified atom stereocenters. The van der Waals surface area contributed by atoms with Crippen LogP contribution < -0.4 is 15.4 Å². The Balaban J connectivity index is 2.02. The molecular weight excluding hydrogens is 324 g/mol. The molecule has 1 aromatic carbocycles. The molecule has 0 fully saturated rings. The van der Waals surface area contributed by atoms with Crippen molar-refractivity contribution < 1.29 is 14.3 Å². The molecule has 0 radical (unpaired) electrons. The van der Waals surface area contributed by atoms with E-state index in [1.54, 1.807) is 30.3 Å². The molecule has 2 N–H and O–H groups in total. The average Bonchev–Trinajstić information content (AvgIpc) is 3.08. The lowest BCUT2D eigenvalue weighted by Crippen LogP contribution is -2.46. The number of thiophene rings is 1. The Hall–Kier alpha value is -2.34. The summed E-state index contributed by atoms with van der Waals surface area (Å²) in [5, 5.41) is 7.48. The van der Waals surface area contributed by atoms with Gasteiger partial charge in [-0.1, -0.05) is 19.9 Å². The third-order valence-corrected chi connectivity index (χ3v) is 4.28. The first-order chi connectivity index (χ1) is 11.5. The molecule has 24 heavy (non-hydrogen) atoms. The lowest BCUT2D eigenvalue weighted by atomic mass is 10.0. The first-order valence-electron chi connectivity index (χ1n) is 7.89. The van der Waals surface area contributed by atoms with Gasteiger partial charge in [-0.15, -0.1) is 11.3 Å². The smallest absolute Gasteiger partial charge is 0.262 e. The minimum Gasteiger partial charge on any atom is -0.494 e. The summed E-state index contributed by atoms with van der Waals surface area (Å²) in [5.74, 6) is 0.253. The van der Waals surface area contributed by atoms with Gasteiger partial charge in [0.1, 0.15) is 11.8 Å². The zero-order valence-corrected chi connectivity index (χ0v) is 14.9. The lowest BCUT2D eigenvalue weighted by Gasteiger charge is -2.21. The molecule has 0 bridgehead atoms. The van der Waals surface area contributed by atoms with Gasteiger partial charge < -0.3 is 15.4 Å². The maximum absolute atomic E-state index is 12.5. The molecular formula is C18H22N2O3S. The molecule has 0 aliphatic carbocycles. The van der Waals surface area contributed by atoms with Gasteiger partial charge in [-0.25, -0.2) is 0 Å². The Labute approximate surface area is 146 Å². The van der Waals surface area contributed by atoms with E-state index in [0.717, 1.165) is 5.75 Å². The zero-order valence-electron chi connectivity index (χ0n) is 14.0. The summed E-state index contributed by atoms with van der Waals surface area (Å²) in [6.07, 6.45) is 0. The fourth-order valence-electron chi connectivity index (χ4n) is 2.18. The molecule has 0 saturated heterocycles. The summed E-state index contributed by atoms with van der Waals surface area (Å²) in [6.45, 7) is 6.31. The first kappa shape index (κ1) is 18.0. The largest absolute Gasteiger partial charge is 0.494 e. The second-order valence-electron chi connectivity index (χ2n) is 5.62. The highest BCUT2D eigenvalue weighted by Crippen LogP contribution is 2.17. The van der Waals surface area contributed by atoms with Crippen LogP contribution in [0.4, 0.5) is 5.69 Å². The number of hydrogen-bond acceptors (Lipinski definition) is 4. The van der Waals surface area contributed by atoms with E-state index in [9.17, 15) is 9.59 Å². The number of amides is 2. The van der Waals surface area contributed by atoms with Crippen molar-refractivity contribution >= 4 is 28.8 Å². The zero-order chi connectivity index (χ0) is 17.5. The van der Waals surface area contributed by atoms with Crippen LogP contribution in [0.5, 0.6) is 5.75 Å². The summed E-state index contributed by atoms with van der Waals surface area (Å²) < 4.78 is 5.38. The molecule has 5 nitrogen and oxygen atoms in total. The van der Waals surface area contributed by atoms with E-state index in [-0.39, 0.29) is 17.7 Å². The summed E-state index contributed by atoms with van der Waals surface area (Å²) in [5.41, 5.74) is 0.666. The van der Waals surface area contributed by atoms with Gasteiger partial charge in [0, 0.05) is 5.69 Å². The van der Waals surface area contributed by atoms with Gasteiger partial charge in [0.05, 0.1) is 11.5 Å². The summed E-state index contributed by atoms with van der Waals surface area (Å²) in [7, 11) is 0. The van der Waals surface area contributed by atoms with Crippen molar-refractivity contribution in [1.82, 2.24) is 5.32 Å². The van der Waals surface area contributed by atoms with Crippen LogP contribution in [-0.4, -0.2) is 24.5 Å². The number of benzene rings is 1. The molecule has 0 aliphatic heterocycles. The summed E-state index contributed by atoms with van der Waals surface area (Å²) >= 11 is 1.35. The number of ether oxygens (including phenoxy) is 1. The fraction of sp³-hybridized carbons (Fsp3) is 0.333. The normalized spacial score (nSPS) is 11.8. The highest BCUT2D eigenvalue weighted by atomic mass is 32.1. The van der Waals surface area contributed by atoms with Crippen molar-refractivity contribution in [2.75, 3.05) is 11.9 Å². The number of hydrogen-bond donors (Lipinski definition) is 2. The predicted molar refractivity (Wildman–Crippen MR) is 96.7 cm³/mol. The van der Waals surface area contributed by atoms with Crippen LogP contribution in [0.3, 0.4) is 0 Å². The Morgan fingerprint density at radius 3 is 2.42 bits per heavy atom. The number of anilines is 1.